The average molecular weight is 284 g/mol. The van der Waals surface area contributed by atoms with Crippen LogP contribution < -0.4 is 10.6 Å². The summed E-state index contributed by atoms with van der Waals surface area (Å²) in [5.74, 6) is -1.04. The maximum absolute atomic E-state index is 12.0. The number of amides is 2. The molecule has 0 aromatic carbocycles. The molecule has 0 spiro atoms. The fraction of sp³-hybridized carbons (Fsp3) is 0.867. The van der Waals surface area contributed by atoms with Crippen LogP contribution in [0.3, 0.4) is 0 Å². The molecule has 0 aliphatic heterocycles. The summed E-state index contributed by atoms with van der Waals surface area (Å²) in [6.45, 7) is 3.77. The van der Waals surface area contributed by atoms with Crippen LogP contribution in [0.5, 0.6) is 0 Å². The maximum atomic E-state index is 12.0. The van der Waals surface area contributed by atoms with Crippen molar-refractivity contribution in [2.45, 2.75) is 77.3 Å². The number of hydrogen-bond donors (Lipinski definition) is 3. The number of urea groups is 1. The van der Waals surface area contributed by atoms with Crippen LogP contribution >= 0.6 is 0 Å². The van der Waals surface area contributed by atoms with E-state index in [1.807, 2.05) is 13.8 Å². The van der Waals surface area contributed by atoms with Gasteiger partial charge in [0.1, 0.15) is 6.04 Å². The number of carboxylic acids is 1. The molecule has 1 aliphatic rings. The minimum absolute atomic E-state index is 0.0735. The zero-order valence-corrected chi connectivity index (χ0v) is 12.7. The zero-order valence-electron chi connectivity index (χ0n) is 12.7. The van der Waals surface area contributed by atoms with Crippen molar-refractivity contribution in [3.63, 3.8) is 0 Å². The standard InChI is InChI=1S/C15H28N2O3/c1-3-11(2)13(14(18)19)17-15(20)16-12-9-7-5-4-6-8-10-12/h11-13H,3-10H2,1-2H3,(H,18,19)(H2,16,17,20)/t11?,13-/m0/s1. The van der Waals surface area contributed by atoms with E-state index in [9.17, 15) is 9.59 Å². The number of nitrogens with one attached hydrogen (secondary N) is 2. The average Bonchev–Trinajstić information content (AvgIpc) is 2.37. The molecular formula is C15H28N2O3. The van der Waals surface area contributed by atoms with Crippen LogP contribution in [-0.4, -0.2) is 29.2 Å². The molecule has 5 heteroatoms. The normalized spacial score (nSPS) is 20.3. The van der Waals surface area contributed by atoms with Crippen molar-refractivity contribution in [2.75, 3.05) is 0 Å². The molecule has 1 aliphatic carbocycles. The van der Waals surface area contributed by atoms with Gasteiger partial charge in [0.05, 0.1) is 0 Å². The molecule has 5 nitrogen and oxygen atoms in total. The van der Waals surface area contributed by atoms with E-state index >= 15 is 0 Å². The molecular weight excluding hydrogens is 256 g/mol. The largest absolute Gasteiger partial charge is 0.480 e. The van der Waals surface area contributed by atoms with Crippen LogP contribution in [0.1, 0.15) is 65.2 Å². The van der Waals surface area contributed by atoms with E-state index in [2.05, 4.69) is 10.6 Å². The van der Waals surface area contributed by atoms with Gasteiger partial charge in [-0.3, -0.25) is 0 Å². The number of hydrogen-bond acceptors (Lipinski definition) is 2. The van der Waals surface area contributed by atoms with Crippen LogP contribution in [0.15, 0.2) is 0 Å². The summed E-state index contributed by atoms with van der Waals surface area (Å²) >= 11 is 0. The van der Waals surface area contributed by atoms with Crippen molar-refractivity contribution in [3.05, 3.63) is 0 Å². The van der Waals surface area contributed by atoms with E-state index in [-0.39, 0.29) is 18.0 Å². The molecule has 20 heavy (non-hydrogen) atoms. The summed E-state index contributed by atoms with van der Waals surface area (Å²) in [5, 5.41) is 14.7. The summed E-state index contributed by atoms with van der Waals surface area (Å²) in [6.07, 6.45) is 8.73. The first-order valence-electron chi connectivity index (χ1n) is 7.84. The summed E-state index contributed by atoms with van der Waals surface area (Å²) in [6, 6.07) is -0.974. The van der Waals surface area contributed by atoms with Crippen LogP contribution in [0, 0.1) is 5.92 Å². The van der Waals surface area contributed by atoms with E-state index in [0.717, 1.165) is 32.1 Å². The number of carbonyl (C=O) groups excluding carboxylic acids is 1. The van der Waals surface area contributed by atoms with Crippen molar-refractivity contribution in [2.24, 2.45) is 5.92 Å². The maximum Gasteiger partial charge on any atom is 0.326 e. The van der Waals surface area contributed by atoms with Crippen LogP contribution in [0.25, 0.3) is 0 Å². The van der Waals surface area contributed by atoms with Gasteiger partial charge in [-0.1, -0.05) is 52.4 Å². The first-order chi connectivity index (χ1) is 9.54. The highest BCUT2D eigenvalue weighted by Gasteiger charge is 2.26. The first-order valence-corrected chi connectivity index (χ1v) is 7.84. The third-order valence-corrected chi connectivity index (χ3v) is 4.21. The molecule has 0 saturated heterocycles. The molecule has 0 bridgehead atoms. The molecule has 2 amide bonds. The van der Waals surface area contributed by atoms with E-state index in [4.69, 9.17) is 5.11 Å². The molecule has 0 aromatic rings. The number of carbonyl (C=O) groups is 2. The van der Waals surface area contributed by atoms with Gasteiger partial charge in [-0.05, 0) is 18.8 Å². The van der Waals surface area contributed by atoms with Gasteiger partial charge in [-0.25, -0.2) is 9.59 Å². The summed E-state index contributed by atoms with van der Waals surface area (Å²) in [5.41, 5.74) is 0. The van der Waals surface area contributed by atoms with Gasteiger partial charge in [0.15, 0.2) is 0 Å². The zero-order chi connectivity index (χ0) is 15.0. The second kappa shape index (κ2) is 8.82. The number of aliphatic carboxylic acids is 1. The monoisotopic (exact) mass is 284 g/mol. The molecule has 1 saturated carbocycles. The third kappa shape index (κ3) is 5.80. The second-order valence-electron chi connectivity index (χ2n) is 5.86. The highest BCUT2D eigenvalue weighted by molar-refractivity contribution is 5.82. The Hall–Kier alpha value is -1.26. The smallest absolute Gasteiger partial charge is 0.326 e. The molecule has 0 aromatic heterocycles. The van der Waals surface area contributed by atoms with Gasteiger partial charge in [0, 0.05) is 6.04 Å². The lowest BCUT2D eigenvalue weighted by atomic mass is 9.97. The molecule has 116 valence electrons. The molecule has 2 atom stereocenters. The number of carboxylic acid groups (broad SMARTS) is 1. The molecule has 3 N–H and O–H groups in total. The predicted molar refractivity (Wildman–Crippen MR) is 78.7 cm³/mol. The molecule has 0 radical (unpaired) electrons. The Balaban J connectivity index is 2.45. The van der Waals surface area contributed by atoms with Crippen LogP contribution in [-0.2, 0) is 4.79 Å². The quantitative estimate of drug-likeness (QED) is 0.726. The van der Waals surface area contributed by atoms with Gasteiger partial charge < -0.3 is 15.7 Å². The van der Waals surface area contributed by atoms with Gasteiger partial charge in [0.25, 0.3) is 0 Å². The molecule has 0 heterocycles. The van der Waals surface area contributed by atoms with Gasteiger partial charge in [-0.2, -0.15) is 0 Å². The summed E-state index contributed by atoms with van der Waals surface area (Å²) in [4.78, 5) is 23.1. The van der Waals surface area contributed by atoms with Crippen molar-refractivity contribution < 1.29 is 14.7 Å². The Bertz CT molecular complexity index is 312. The molecule has 1 fully saturated rings. The van der Waals surface area contributed by atoms with Gasteiger partial charge >= 0.3 is 12.0 Å². The van der Waals surface area contributed by atoms with Crippen molar-refractivity contribution in [1.29, 1.82) is 0 Å². The van der Waals surface area contributed by atoms with Crippen molar-refractivity contribution >= 4 is 12.0 Å². The van der Waals surface area contributed by atoms with E-state index < -0.39 is 12.0 Å². The van der Waals surface area contributed by atoms with Crippen molar-refractivity contribution in [3.8, 4) is 0 Å². The van der Waals surface area contributed by atoms with E-state index in [0.29, 0.717) is 0 Å². The van der Waals surface area contributed by atoms with Gasteiger partial charge in [-0.15, -0.1) is 0 Å². The lowest BCUT2D eigenvalue weighted by molar-refractivity contribution is -0.140. The topological polar surface area (TPSA) is 78.4 Å². The Morgan fingerprint density at radius 3 is 2.20 bits per heavy atom. The van der Waals surface area contributed by atoms with Crippen molar-refractivity contribution in [1.82, 2.24) is 10.6 Å². The minimum Gasteiger partial charge on any atom is -0.480 e. The van der Waals surface area contributed by atoms with Crippen LogP contribution in [0.4, 0.5) is 4.79 Å². The van der Waals surface area contributed by atoms with Gasteiger partial charge in [0.2, 0.25) is 0 Å². The fourth-order valence-corrected chi connectivity index (χ4v) is 2.65. The number of rotatable bonds is 5. The van der Waals surface area contributed by atoms with E-state index in [1.54, 1.807) is 0 Å². The lowest BCUT2D eigenvalue weighted by Gasteiger charge is -2.24. The first kappa shape index (κ1) is 16.8. The Morgan fingerprint density at radius 1 is 1.15 bits per heavy atom. The molecule has 1 rings (SSSR count). The fourth-order valence-electron chi connectivity index (χ4n) is 2.65. The highest BCUT2D eigenvalue weighted by Crippen LogP contribution is 2.17. The summed E-state index contributed by atoms with van der Waals surface area (Å²) < 4.78 is 0. The van der Waals surface area contributed by atoms with E-state index in [1.165, 1.54) is 19.3 Å². The highest BCUT2D eigenvalue weighted by atomic mass is 16.4. The Morgan fingerprint density at radius 2 is 1.70 bits per heavy atom. The minimum atomic E-state index is -0.966. The summed E-state index contributed by atoms with van der Waals surface area (Å²) in [7, 11) is 0. The lowest BCUT2D eigenvalue weighted by Crippen LogP contribution is -2.51. The predicted octanol–water partition coefficient (Wildman–Crippen LogP) is 2.90. The Kier molecular flexibility index (Phi) is 7.41. The third-order valence-electron chi connectivity index (χ3n) is 4.21. The second-order valence-corrected chi connectivity index (χ2v) is 5.86. The van der Waals surface area contributed by atoms with Crippen LogP contribution in [0.2, 0.25) is 0 Å². The Labute approximate surface area is 121 Å². The SMILES string of the molecule is CCC(C)[C@H](NC(=O)NC1CCCCCCC1)C(=O)O. The molecule has 1 unspecified atom stereocenters.